The number of nitrogens with one attached hydrogen (secondary N) is 1. The SMILES string of the molecule is C=CCN1CC2(CCCC2)NCC1C. The summed E-state index contributed by atoms with van der Waals surface area (Å²) in [4.78, 5) is 2.56. The van der Waals surface area contributed by atoms with E-state index in [-0.39, 0.29) is 0 Å². The molecule has 2 rings (SSSR count). The Hall–Kier alpha value is -0.340. The van der Waals surface area contributed by atoms with Gasteiger partial charge in [0.15, 0.2) is 0 Å². The van der Waals surface area contributed by atoms with Crippen LogP contribution in [0.3, 0.4) is 0 Å². The van der Waals surface area contributed by atoms with Crippen LogP contribution in [0, 0.1) is 0 Å². The maximum absolute atomic E-state index is 3.84. The van der Waals surface area contributed by atoms with Gasteiger partial charge in [0.25, 0.3) is 0 Å². The van der Waals surface area contributed by atoms with Gasteiger partial charge in [-0.05, 0) is 19.8 Å². The van der Waals surface area contributed by atoms with Crippen LogP contribution in [0.1, 0.15) is 32.6 Å². The molecule has 1 aliphatic carbocycles. The van der Waals surface area contributed by atoms with Gasteiger partial charge in [-0.3, -0.25) is 4.90 Å². The maximum atomic E-state index is 3.84. The molecule has 80 valence electrons. The monoisotopic (exact) mass is 194 g/mol. The Bertz CT molecular complexity index is 206. The molecule has 0 amide bonds. The van der Waals surface area contributed by atoms with E-state index in [4.69, 9.17) is 0 Å². The average molecular weight is 194 g/mol. The van der Waals surface area contributed by atoms with Crippen molar-refractivity contribution in [2.45, 2.75) is 44.2 Å². The molecule has 0 aromatic heterocycles. The average Bonchev–Trinajstić information content (AvgIpc) is 2.61. The standard InChI is InChI=1S/C12H22N2/c1-3-8-14-10-12(6-4-5-7-12)13-9-11(14)2/h3,11,13H,1,4-10H2,2H3. The first-order valence-electron chi connectivity index (χ1n) is 5.86. The highest BCUT2D eigenvalue weighted by Crippen LogP contribution is 2.32. The van der Waals surface area contributed by atoms with E-state index in [1.807, 2.05) is 6.08 Å². The first-order chi connectivity index (χ1) is 6.76. The van der Waals surface area contributed by atoms with Crippen LogP contribution in [-0.4, -0.2) is 36.1 Å². The normalized spacial score (nSPS) is 32.2. The molecule has 2 fully saturated rings. The fraction of sp³-hybridized carbons (Fsp3) is 0.833. The van der Waals surface area contributed by atoms with Crippen LogP contribution >= 0.6 is 0 Å². The lowest BCUT2D eigenvalue weighted by molar-refractivity contribution is 0.101. The minimum absolute atomic E-state index is 0.454. The first kappa shape index (κ1) is 10.2. The van der Waals surface area contributed by atoms with E-state index in [0.717, 1.165) is 13.1 Å². The molecule has 1 aliphatic heterocycles. The lowest BCUT2D eigenvalue weighted by Crippen LogP contribution is -2.62. The number of hydrogen-bond acceptors (Lipinski definition) is 2. The lowest BCUT2D eigenvalue weighted by Gasteiger charge is -2.45. The minimum Gasteiger partial charge on any atom is -0.308 e. The van der Waals surface area contributed by atoms with Gasteiger partial charge in [0.2, 0.25) is 0 Å². The molecule has 14 heavy (non-hydrogen) atoms. The molecule has 1 heterocycles. The van der Waals surface area contributed by atoms with E-state index in [9.17, 15) is 0 Å². The third kappa shape index (κ3) is 1.86. The smallest absolute Gasteiger partial charge is 0.0309 e. The Kier molecular flexibility index (Phi) is 2.93. The Morgan fingerprint density at radius 2 is 2.21 bits per heavy atom. The first-order valence-corrected chi connectivity index (χ1v) is 5.86. The predicted octanol–water partition coefficient (Wildman–Crippen LogP) is 1.78. The van der Waals surface area contributed by atoms with E-state index in [2.05, 4.69) is 23.7 Å². The second kappa shape index (κ2) is 4.03. The van der Waals surface area contributed by atoms with Crippen LogP contribution in [-0.2, 0) is 0 Å². The molecule has 1 atom stereocenters. The molecule has 0 aromatic carbocycles. The summed E-state index contributed by atoms with van der Waals surface area (Å²) in [6.07, 6.45) is 7.58. The van der Waals surface area contributed by atoms with Crippen LogP contribution in [0.25, 0.3) is 0 Å². The van der Waals surface area contributed by atoms with Gasteiger partial charge in [0.1, 0.15) is 0 Å². The molecule has 2 aliphatic rings. The largest absolute Gasteiger partial charge is 0.308 e. The Labute approximate surface area is 87.4 Å². The maximum Gasteiger partial charge on any atom is 0.0309 e. The fourth-order valence-electron chi connectivity index (χ4n) is 2.89. The zero-order chi connectivity index (χ0) is 10.0. The van der Waals surface area contributed by atoms with Crippen LogP contribution < -0.4 is 5.32 Å². The van der Waals surface area contributed by atoms with Gasteiger partial charge in [0.05, 0.1) is 0 Å². The summed E-state index contributed by atoms with van der Waals surface area (Å²) in [5, 5.41) is 3.76. The second-order valence-electron chi connectivity index (χ2n) is 4.94. The van der Waals surface area contributed by atoms with Crippen molar-refractivity contribution in [3.05, 3.63) is 12.7 Å². The lowest BCUT2D eigenvalue weighted by atomic mass is 9.92. The number of nitrogens with zero attached hydrogens (tertiary/aromatic N) is 1. The zero-order valence-electron chi connectivity index (χ0n) is 9.26. The molecule has 2 nitrogen and oxygen atoms in total. The quantitative estimate of drug-likeness (QED) is 0.674. The third-order valence-electron chi connectivity index (χ3n) is 3.83. The van der Waals surface area contributed by atoms with Crippen molar-refractivity contribution in [1.29, 1.82) is 0 Å². The Balaban J connectivity index is 2.00. The Morgan fingerprint density at radius 1 is 1.50 bits per heavy atom. The topological polar surface area (TPSA) is 15.3 Å². The van der Waals surface area contributed by atoms with Gasteiger partial charge in [-0.2, -0.15) is 0 Å². The van der Waals surface area contributed by atoms with E-state index in [1.54, 1.807) is 0 Å². The third-order valence-corrected chi connectivity index (χ3v) is 3.83. The fourth-order valence-corrected chi connectivity index (χ4v) is 2.89. The zero-order valence-corrected chi connectivity index (χ0v) is 9.26. The summed E-state index contributed by atoms with van der Waals surface area (Å²) >= 11 is 0. The summed E-state index contributed by atoms with van der Waals surface area (Å²) in [5.74, 6) is 0. The molecule has 1 unspecified atom stereocenters. The molecule has 0 bridgehead atoms. The van der Waals surface area contributed by atoms with Crippen molar-refractivity contribution in [2.75, 3.05) is 19.6 Å². The van der Waals surface area contributed by atoms with E-state index < -0.39 is 0 Å². The van der Waals surface area contributed by atoms with Crippen molar-refractivity contribution in [3.8, 4) is 0 Å². The molecule has 0 aromatic rings. The summed E-state index contributed by atoms with van der Waals surface area (Å²) in [7, 11) is 0. The van der Waals surface area contributed by atoms with Crippen molar-refractivity contribution in [1.82, 2.24) is 10.2 Å². The number of hydrogen-bond donors (Lipinski definition) is 1. The minimum atomic E-state index is 0.454. The molecule has 1 saturated carbocycles. The molecule has 1 spiro atoms. The van der Waals surface area contributed by atoms with Gasteiger partial charge >= 0.3 is 0 Å². The van der Waals surface area contributed by atoms with Crippen LogP contribution in [0.4, 0.5) is 0 Å². The van der Waals surface area contributed by atoms with Gasteiger partial charge in [-0.25, -0.2) is 0 Å². The molecule has 2 heteroatoms. The van der Waals surface area contributed by atoms with Gasteiger partial charge < -0.3 is 5.32 Å². The van der Waals surface area contributed by atoms with Crippen LogP contribution in [0.15, 0.2) is 12.7 Å². The van der Waals surface area contributed by atoms with Crippen molar-refractivity contribution in [3.63, 3.8) is 0 Å². The highest BCUT2D eigenvalue weighted by Gasteiger charge is 2.39. The highest BCUT2D eigenvalue weighted by molar-refractivity contribution is 5.01. The molecule has 0 radical (unpaired) electrons. The van der Waals surface area contributed by atoms with Crippen molar-refractivity contribution >= 4 is 0 Å². The second-order valence-corrected chi connectivity index (χ2v) is 4.94. The number of piperazine rings is 1. The highest BCUT2D eigenvalue weighted by atomic mass is 15.2. The molecule has 1 N–H and O–H groups in total. The summed E-state index contributed by atoms with van der Waals surface area (Å²) in [6.45, 7) is 9.56. The van der Waals surface area contributed by atoms with Gasteiger partial charge in [-0.1, -0.05) is 18.9 Å². The summed E-state index contributed by atoms with van der Waals surface area (Å²) in [5.41, 5.74) is 0.454. The summed E-state index contributed by atoms with van der Waals surface area (Å²) < 4.78 is 0. The van der Waals surface area contributed by atoms with Gasteiger partial charge in [0, 0.05) is 31.2 Å². The van der Waals surface area contributed by atoms with Crippen LogP contribution in [0.5, 0.6) is 0 Å². The number of rotatable bonds is 2. The molecule has 1 saturated heterocycles. The van der Waals surface area contributed by atoms with E-state index in [0.29, 0.717) is 11.6 Å². The predicted molar refractivity (Wildman–Crippen MR) is 60.4 cm³/mol. The van der Waals surface area contributed by atoms with Crippen molar-refractivity contribution in [2.24, 2.45) is 0 Å². The van der Waals surface area contributed by atoms with Crippen LogP contribution in [0.2, 0.25) is 0 Å². The molecular weight excluding hydrogens is 172 g/mol. The van der Waals surface area contributed by atoms with E-state index >= 15 is 0 Å². The van der Waals surface area contributed by atoms with Gasteiger partial charge in [-0.15, -0.1) is 6.58 Å². The molecular formula is C12H22N2. The van der Waals surface area contributed by atoms with Crippen molar-refractivity contribution < 1.29 is 0 Å². The summed E-state index contributed by atoms with van der Waals surface area (Å²) in [6, 6.07) is 0.666. The Morgan fingerprint density at radius 3 is 2.86 bits per heavy atom. The van der Waals surface area contributed by atoms with E-state index in [1.165, 1.54) is 32.2 Å².